The summed E-state index contributed by atoms with van der Waals surface area (Å²) < 4.78 is 13.2. The topological polar surface area (TPSA) is 69.3 Å². The zero-order valence-corrected chi connectivity index (χ0v) is 18.2. The Hall–Kier alpha value is -2.80. The number of likely N-dealkylation sites (tertiary alicyclic amines) is 1. The molecule has 1 N–H and O–H groups in total. The van der Waals surface area contributed by atoms with Crippen LogP contribution in [-0.2, 0) is 13.0 Å². The van der Waals surface area contributed by atoms with Crippen LogP contribution in [0.5, 0.6) is 0 Å². The van der Waals surface area contributed by atoms with E-state index in [9.17, 15) is 14.0 Å². The molecular formula is C25H29FN4O2. The average molecular weight is 437 g/mol. The van der Waals surface area contributed by atoms with Crippen LogP contribution in [-0.4, -0.2) is 45.3 Å². The lowest BCUT2D eigenvalue weighted by molar-refractivity contribution is 0.0732. The second-order valence-corrected chi connectivity index (χ2v) is 9.16. The molecule has 1 aromatic heterocycles. The average Bonchev–Trinajstić information content (AvgIpc) is 3.27. The molecule has 0 bridgehead atoms. The van der Waals surface area contributed by atoms with E-state index < -0.39 is 0 Å². The van der Waals surface area contributed by atoms with Gasteiger partial charge in [0.05, 0.1) is 23.8 Å². The smallest absolute Gasteiger partial charge is 0.256 e. The van der Waals surface area contributed by atoms with Gasteiger partial charge in [0.2, 0.25) is 0 Å². The maximum Gasteiger partial charge on any atom is 0.256 e. The van der Waals surface area contributed by atoms with E-state index in [1.807, 2.05) is 0 Å². The normalized spacial score (nSPS) is 23.3. The van der Waals surface area contributed by atoms with Crippen LogP contribution in [0.2, 0.25) is 0 Å². The van der Waals surface area contributed by atoms with Crippen molar-refractivity contribution < 1.29 is 9.18 Å². The number of fused-ring (bicyclic) bond motifs is 1. The van der Waals surface area contributed by atoms with Crippen molar-refractivity contribution >= 4 is 5.91 Å². The number of halogens is 1. The third-order valence-electron chi connectivity index (χ3n) is 7.01. The van der Waals surface area contributed by atoms with Crippen molar-refractivity contribution in [2.24, 2.45) is 5.92 Å². The first-order valence-corrected chi connectivity index (χ1v) is 11.6. The van der Waals surface area contributed by atoms with E-state index in [2.05, 4.69) is 22.0 Å². The van der Waals surface area contributed by atoms with Gasteiger partial charge in [-0.15, -0.1) is 0 Å². The minimum atomic E-state index is -0.375. The van der Waals surface area contributed by atoms with Gasteiger partial charge in [0.15, 0.2) is 0 Å². The van der Waals surface area contributed by atoms with E-state index in [0.717, 1.165) is 50.3 Å². The molecule has 3 aliphatic rings. The molecule has 2 aromatic rings. The first kappa shape index (κ1) is 21.1. The van der Waals surface area contributed by atoms with E-state index in [4.69, 9.17) is 4.98 Å². The summed E-state index contributed by atoms with van der Waals surface area (Å²) >= 11 is 0. The maximum absolute atomic E-state index is 13.2. The van der Waals surface area contributed by atoms with Crippen molar-refractivity contribution in [3.63, 3.8) is 0 Å². The van der Waals surface area contributed by atoms with E-state index in [1.165, 1.54) is 30.7 Å². The number of aromatic amines is 1. The van der Waals surface area contributed by atoms with Gasteiger partial charge in [0.1, 0.15) is 11.6 Å². The fourth-order valence-corrected chi connectivity index (χ4v) is 5.26. The zero-order chi connectivity index (χ0) is 22.1. The Morgan fingerprint density at radius 1 is 1.16 bits per heavy atom. The number of benzene rings is 1. The molecule has 6 nitrogen and oxygen atoms in total. The molecule has 5 rings (SSSR count). The highest BCUT2D eigenvalue weighted by Gasteiger charge is 2.32. The number of hydrogen-bond acceptors (Lipinski definition) is 4. The van der Waals surface area contributed by atoms with Crippen LogP contribution in [0.1, 0.15) is 65.6 Å². The number of carbonyl (C=O) groups excluding carboxylic acids is 1. The maximum atomic E-state index is 13.2. The Kier molecular flexibility index (Phi) is 5.91. The summed E-state index contributed by atoms with van der Waals surface area (Å²) in [4.78, 5) is 37.8. The van der Waals surface area contributed by atoms with Crippen molar-refractivity contribution in [3.05, 3.63) is 75.2 Å². The molecule has 0 saturated carbocycles. The molecule has 0 radical (unpaired) electrons. The number of aromatic nitrogens is 2. The fraction of sp³-hybridized carbons (Fsp3) is 0.480. The molecule has 1 amide bonds. The number of amides is 1. The Labute approximate surface area is 187 Å². The van der Waals surface area contributed by atoms with Gasteiger partial charge in [-0.2, -0.15) is 0 Å². The van der Waals surface area contributed by atoms with Crippen LogP contribution in [0.3, 0.4) is 0 Å². The van der Waals surface area contributed by atoms with Gasteiger partial charge in [-0.25, -0.2) is 9.37 Å². The number of hydrogen-bond donors (Lipinski definition) is 1. The Morgan fingerprint density at radius 3 is 2.78 bits per heavy atom. The molecule has 32 heavy (non-hydrogen) atoms. The molecule has 7 heteroatoms. The molecule has 2 aliphatic heterocycles. The third kappa shape index (κ3) is 4.26. The molecular weight excluding hydrogens is 407 g/mol. The Bertz CT molecular complexity index is 1080. The van der Waals surface area contributed by atoms with Gasteiger partial charge >= 0.3 is 0 Å². The highest BCUT2D eigenvalue weighted by molar-refractivity contribution is 5.94. The van der Waals surface area contributed by atoms with Gasteiger partial charge in [-0.05, 0) is 68.8 Å². The van der Waals surface area contributed by atoms with E-state index >= 15 is 0 Å². The fourth-order valence-electron chi connectivity index (χ4n) is 5.26. The first-order chi connectivity index (χ1) is 15.6. The third-order valence-corrected chi connectivity index (χ3v) is 7.01. The van der Waals surface area contributed by atoms with Crippen molar-refractivity contribution in [1.29, 1.82) is 0 Å². The molecule has 2 atom stereocenters. The van der Waals surface area contributed by atoms with Crippen molar-refractivity contribution in [2.75, 3.05) is 19.6 Å². The van der Waals surface area contributed by atoms with Crippen LogP contribution < -0.4 is 5.56 Å². The Morgan fingerprint density at radius 2 is 2.00 bits per heavy atom. The number of nitrogens with one attached hydrogen (secondary N) is 1. The predicted molar refractivity (Wildman–Crippen MR) is 120 cm³/mol. The van der Waals surface area contributed by atoms with Gasteiger partial charge in [0, 0.05) is 25.1 Å². The summed E-state index contributed by atoms with van der Waals surface area (Å²) in [6.45, 7) is 2.83. The summed E-state index contributed by atoms with van der Waals surface area (Å²) in [5, 5.41) is 0. The highest BCUT2D eigenvalue weighted by Crippen LogP contribution is 2.32. The van der Waals surface area contributed by atoms with Crippen LogP contribution in [0, 0.1) is 11.7 Å². The van der Waals surface area contributed by atoms with E-state index in [-0.39, 0.29) is 29.9 Å². The highest BCUT2D eigenvalue weighted by atomic mass is 19.1. The number of H-pyrrole nitrogens is 1. The molecule has 1 aromatic carbocycles. The molecule has 168 valence electrons. The summed E-state index contributed by atoms with van der Waals surface area (Å²) in [6.07, 6.45) is 10.8. The first-order valence-electron chi connectivity index (χ1n) is 11.6. The van der Waals surface area contributed by atoms with E-state index in [0.29, 0.717) is 30.0 Å². The van der Waals surface area contributed by atoms with Crippen molar-refractivity contribution in [1.82, 2.24) is 19.8 Å². The standard InChI is InChI=1S/C25H29FN4O2/c26-19-10-8-18(9-11-19)25(32)30-14-12-21-20(16-30)24(31)28-23(27-21)22-7-4-13-29(22)15-17-5-2-1-3-6-17/h1-2,8-11,17,22H,3-7,12-16H2,(H,27,28,31)/t17-,22-/m0/s1. The number of nitrogens with zero attached hydrogens (tertiary/aromatic N) is 3. The minimum Gasteiger partial charge on any atom is -0.334 e. The summed E-state index contributed by atoms with van der Waals surface area (Å²) in [5.74, 6) is 0.883. The van der Waals surface area contributed by atoms with Crippen LogP contribution >= 0.6 is 0 Å². The zero-order valence-electron chi connectivity index (χ0n) is 18.2. The number of rotatable bonds is 4. The van der Waals surface area contributed by atoms with Crippen LogP contribution in [0.4, 0.5) is 4.39 Å². The van der Waals surface area contributed by atoms with Crippen molar-refractivity contribution in [2.45, 2.75) is 51.1 Å². The van der Waals surface area contributed by atoms with Crippen LogP contribution in [0.25, 0.3) is 0 Å². The second kappa shape index (κ2) is 8.98. The quantitative estimate of drug-likeness (QED) is 0.744. The molecule has 0 spiro atoms. The molecule has 3 heterocycles. The SMILES string of the molecule is O=C(c1ccc(F)cc1)N1CCc2nc([C@@H]3CCCN3C[C@H]3CC=CCC3)[nH]c(=O)c2C1. The van der Waals surface area contributed by atoms with Gasteiger partial charge in [-0.3, -0.25) is 14.5 Å². The lowest BCUT2D eigenvalue weighted by Crippen LogP contribution is -2.40. The molecule has 1 fully saturated rings. The van der Waals surface area contributed by atoms with Gasteiger partial charge < -0.3 is 9.88 Å². The summed E-state index contributed by atoms with van der Waals surface area (Å²) in [7, 11) is 0. The molecule has 1 saturated heterocycles. The lowest BCUT2D eigenvalue weighted by Gasteiger charge is -2.31. The monoisotopic (exact) mass is 436 g/mol. The minimum absolute atomic E-state index is 0.144. The Balaban J connectivity index is 1.32. The summed E-state index contributed by atoms with van der Waals surface area (Å²) in [5.41, 5.74) is 1.65. The number of allylic oxidation sites excluding steroid dienone is 2. The molecule has 1 aliphatic carbocycles. The van der Waals surface area contributed by atoms with Crippen LogP contribution in [0.15, 0.2) is 41.2 Å². The summed E-state index contributed by atoms with van der Waals surface area (Å²) in [6, 6.07) is 5.69. The largest absolute Gasteiger partial charge is 0.334 e. The predicted octanol–water partition coefficient (Wildman–Crippen LogP) is 3.60. The lowest BCUT2D eigenvalue weighted by atomic mass is 9.93. The van der Waals surface area contributed by atoms with Crippen molar-refractivity contribution in [3.8, 4) is 0 Å². The van der Waals surface area contributed by atoms with E-state index in [1.54, 1.807) is 4.90 Å². The molecule has 0 unspecified atom stereocenters. The van der Waals surface area contributed by atoms with Gasteiger partial charge in [0.25, 0.3) is 11.5 Å². The second-order valence-electron chi connectivity index (χ2n) is 9.16. The van der Waals surface area contributed by atoms with Gasteiger partial charge in [-0.1, -0.05) is 12.2 Å². The number of carbonyl (C=O) groups is 1.